The van der Waals surface area contributed by atoms with Crippen LogP contribution in [0.5, 0.6) is 0 Å². The number of hydrogen-bond donors (Lipinski definition) is 1. The Hall–Kier alpha value is -1.67. The maximum atomic E-state index is 12.2. The normalized spacial score (nSPS) is 12.6. The molecular formula is C16H19NO. The molecule has 0 aromatic heterocycles. The molecule has 0 bridgehead atoms. The lowest BCUT2D eigenvalue weighted by molar-refractivity contribution is 0.0961. The SMILES string of the molecule is CCC(CN)CC(=O)c1ccc2ccccc2c1. The van der Waals surface area contributed by atoms with Crippen LogP contribution in [0.3, 0.4) is 0 Å². The van der Waals surface area contributed by atoms with Gasteiger partial charge in [0.2, 0.25) is 0 Å². The molecule has 18 heavy (non-hydrogen) atoms. The molecule has 0 aliphatic rings. The van der Waals surface area contributed by atoms with Crippen LogP contribution in [0.4, 0.5) is 0 Å². The smallest absolute Gasteiger partial charge is 0.163 e. The van der Waals surface area contributed by atoms with Gasteiger partial charge in [0.05, 0.1) is 0 Å². The Morgan fingerprint density at radius 1 is 1.17 bits per heavy atom. The highest BCUT2D eigenvalue weighted by Gasteiger charge is 2.12. The lowest BCUT2D eigenvalue weighted by Gasteiger charge is -2.11. The number of nitrogens with two attached hydrogens (primary N) is 1. The van der Waals surface area contributed by atoms with Crippen molar-refractivity contribution < 1.29 is 4.79 Å². The van der Waals surface area contributed by atoms with Gasteiger partial charge in [-0.15, -0.1) is 0 Å². The molecule has 1 unspecified atom stereocenters. The van der Waals surface area contributed by atoms with Crippen molar-refractivity contribution in [2.24, 2.45) is 11.7 Å². The molecule has 0 fully saturated rings. The number of hydrogen-bond acceptors (Lipinski definition) is 2. The summed E-state index contributed by atoms with van der Waals surface area (Å²) in [5.41, 5.74) is 6.44. The van der Waals surface area contributed by atoms with Gasteiger partial charge in [-0.2, -0.15) is 0 Å². The summed E-state index contributed by atoms with van der Waals surface area (Å²) in [5.74, 6) is 0.488. The van der Waals surface area contributed by atoms with Crippen LogP contribution in [0, 0.1) is 5.92 Å². The van der Waals surface area contributed by atoms with E-state index in [1.807, 2.05) is 36.4 Å². The maximum absolute atomic E-state index is 12.2. The number of carbonyl (C=O) groups is 1. The molecule has 0 spiro atoms. The fourth-order valence-electron chi connectivity index (χ4n) is 2.14. The first-order chi connectivity index (χ1) is 8.74. The zero-order valence-corrected chi connectivity index (χ0v) is 10.7. The van der Waals surface area contributed by atoms with Gasteiger partial charge in [0.1, 0.15) is 0 Å². The van der Waals surface area contributed by atoms with Crippen LogP contribution < -0.4 is 5.73 Å². The van der Waals surface area contributed by atoms with Gasteiger partial charge in [0.15, 0.2) is 5.78 Å². The summed E-state index contributed by atoms with van der Waals surface area (Å²) >= 11 is 0. The van der Waals surface area contributed by atoms with Crippen molar-refractivity contribution in [1.29, 1.82) is 0 Å². The predicted molar refractivity (Wildman–Crippen MR) is 75.7 cm³/mol. The maximum Gasteiger partial charge on any atom is 0.163 e. The molecule has 2 aromatic rings. The minimum atomic E-state index is 0.193. The van der Waals surface area contributed by atoms with E-state index in [2.05, 4.69) is 13.0 Å². The standard InChI is InChI=1S/C16H19NO/c1-2-12(11-17)9-16(18)15-8-7-13-5-3-4-6-14(13)10-15/h3-8,10,12H,2,9,11,17H2,1H3. The van der Waals surface area contributed by atoms with Gasteiger partial charge in [0.25, 0.3) is 0 Å². The van der Waals surface area contributed by atoms with Crippen molar-refractivity contribution in [2.45, 2.75) is 19.8 Å². The summed E-state index contributed by atoms with van der Waals surface area (Å²) < 4.78 is 0. The largest absolute Gasteiger partial charge is 0.330 e. The van der Waals surface area contributed by atoms with E-state index >= 15 is 0 Å². The molecule has 0 radical (unpaired) electrons. The number of Topliss-reactive ketones (excluding diaryl/α,β-unsaturated/α-hetero) is 1. The van der Waals surface area contributed by atoms with Gasteiger partial charge in [-0.3, -0.25) is 4.79 Å². The highest BCUT2D eigenvalue weighted by atomic mass is 16.1. The minimum Gasteiger partial charge on any atom is -0.330 e. The van der Waals surface area contributed by atoms with Gasteiger partial charge in [0, 0.05) is 12.0 Å². The first kappa shape index (κ1) is 12.8. The Morgan fingerprint density at radius 2 is 1.89 bits per heavy atom. The second kappa shape index (κ2) is 5.78. The molecule has 0 aliphatic carbocycles. The van der Waals surface area contributed by atoms with Crippen molar-refractivity contribution in [1.82, 2.24) is 0 Å². The van der Waals surface area contributed by atoms with E-state index in [1.54, 1.807) is 0 Å². The summed E-state index contributed by atoms with van der Waals surface area (Å²) in [7, 11) is 0. The van der Waals surface area contributed by atoms with Crippen LogP contribution in [-0.4, -0.2) is 12.3 Å². The summed E-state index contributed by atoms with van der Waals surface area (Å²) in [6.45, 7) is 2.65. The second-order valence-electron chi connectivity index (χ2n) is 4.70. The summed E-state index contributed by atoms with van der Waals surface area (Å²) in [6, 6.07) is 14.0. The Labute approximate surface area is 108 Å². The topological polar surface area (TPSA) is 43.1 Å². The fraction of sp³-hybridized carbons (Fsp3) is 0.312. The van der Waals surface area contributed by atoms with Crippen LogP contribution >= 0.6 is 0 Å². The van der Waals surface area contributed by atoms with Crippen LogP contribution in [0.1, 0.15) is 30.1 Å². The van der Waals surface area contributed by atoms with Crippen molar-refractivity contribution in [3.8, 4) is 0 Å². The molecule has 2 nitrogen and oxygen atoms in total. The molecule has 94 valence electrons. The molecular weight excluding hydrogens is 222 g/mol. The first-order valence-corrected chi connectivity index (χ1v) is 6.46. The van der Waals surface area contributed by atoms with Crippen molar-refractivity contribution in [2.75, 3.05) is 6.54 Å². The van der Waals surface area contributed by atoms with Gasteiger partial charge < -0.3 is 5.73 Å². The summed E-state index contributed by atoms with van der Waals surface area (Å²) in [6.07, 6.45) is 1.50. The van der Waals surface area contributed by atoms with Crippen LogP contribution in [0.25, 0.3) is 10.8 Å². The van der Waals surface area contributed by atoms with Gasteiger partial charge in [-0.1, -0.05) is 49.7 Å². The molecule has 0 aliphatic heterocycles. The first-order valence-electron chi connectivity index (χ1n) is 6.46. The van der Waals surface area contributed by atoms with E-state index < -0.39 is 0 Å². The third-order valence-electron chi connectivity index (χ3n) is 3.46. The monoisotopic (exact) mass is 241 g/mol. The molecule has 2 aromatic carbocycles. The number of fused-ring (bicyclic) bond motifs is 1. The van der Waals surface area contributed by atoms with Crippen molar-refractivity contribution >= 4 is 16.6 Å². The van der Waals surface area contributed by atoms with Gasteiger partial charge >= 0.3 is 0 Å². The lowest BCUT2D eigenvalue weighted by atomic mass is 9.95. The van der Waals surface area contributed by atoms with E-state index in [0.29, 0.717) is 18.9 Å². The zero-order chi connectivity index (χ0) is 13.0. The quantitative estimate of drug-likeness (QED) is 0.815. The summed E-state index contributed by atoms with van der Waals surface area (Å²) in [4.78, 5) is 12.2. The summed E-state index contributed by atoms with van der Waals surface area (Å²) in [5, 5.41) is 2.28. The predicted octanol–water partition coefficient (Wildman–Crippen LogP) is 3.40. The fourth-order valence-corrected chi connectivity index (χ4v) is 2.14. The second-order valence-corrected chi connectivity index (χ2v) is 4.70. The average molecular weight is 241 g/mol. The third kappa shape index (κ3) is 2.77. The number of benzene rings is 2. The number of rotatable bonds is 5. The number of carbonyl (C=O) groups excluding carboxylic acids is 1. The molecule has 2 rings (SSSR count). The third-order valence-corrected chi connectivity index (χ3v) is 3.46. The Balaban J connectivity index is 2.22. The lowest BCUT2D eigenvalue weighted by Crippen LogP contribution is -2.17. The van der Waals surface area contributed by atoms with E-state index in [4.69, 9.17) is 5.73 Å². The van der Waals surface area contributed by atoms with E-state index in [9.17, 15) is 4.79 Å². The van der Waals surface area contributed by atoms with Gasteiger partial charge in [-0.05, 0) is 29.3 Å². The molecule has 0 saturated heterocycles. The minimum absolute atomic E-state index is 0.193. The van der Waals surface area contributed by atoms with Crippen molar-refractivity contribution in [3.05, 3.63) is 48.0 Å². The van der Waals surface area contributed by atoms with Crippen LogP contribution in [-0.2, 0) is 0 Å². The number of ketones is 1. The van der Waals surface area contributed by atoms with E-state index in [-0.39, 0.29) is 5.78 Å². The Morgan fingerprint density at radius 3 is 2.56 bits per heavy atom. The zero-order valence-electron chi connectivity index (χ0n) is 10.7. The highest BCUT2D eigenvalue weighted by Crippen LogP contribution is 2.18. The van der Waals surface area contributed by atoms with Crippen molar-refractivity contribution in [3.63, 3.8) is 0 Å². The Kier molecular flexibility index (Phi) is 4.11. The highest BCUT2D eigenvalue weighted by molar-refractivity contribution is 6.00. The molecule has 0 heterocycles. The molecule has 2 N–H and O–H groups in total. The van der Waals surface area contributed by atoms with Gasteiger partial charge in [-0.25, -0.2) is 0 Å². The average Bonchev–Trinajstić information content (AvgIpc) is 2.44. The van der Waals surface area contributed by atoms with Crippen LogP contribution in [0.15, 0.2) is 42.5 Å². The van der Waals surface area contributed by atoms with Crippen LogP contribution in [0.2, 0.25) is 0 Å². The van der Waals surface area contributed by atoms with E-state index in [1.165, 1.54) is 5.39 Å². The molecule has 1 atom stereocenters. The Bertz CT molecular complexity index is 544. The molecule has 2 heteroatoms. The molecule has 0 amide bonds. The molecule has 0 saturated carbocycles. The van der Waals surface area contributed by atoms with E-state index in [0.717, 1.165) is 17.4 Å².